The van der Waals surface area contributed by atoms with E-state index in [2.05, 4.69) is 0 Å². The van der Waals surface area contributed by atoms with Crippen molar-refractivity contribution in [3.8, 4) is 5.75 Å². The fourth-order valence-electron chi connectivity index (χ4n) is 3.70. The highest BCUT2D eigenvalue weighted by molar-refractivity contribution is 6.32. The number of phenols is 1. The molecule has 0 radical (unpaired) electrons. The van der Waals surface area contributed by atoms with E-state index in [-0.39, 0.29) is 28.5 Å². The molecule has 3 atom stereocenters. The molecule has 1 saturated heterocycles. The third kappa shape index (κ3) is 4.41. The van der Waals surface area contributed by atoms with Crippen molar-refractivity contribution in [3.05, 3.63) is 88.7 Å². The van der Waals surface area contributed by atoms with E-state index in [1.807, 2.05) is 37.3 Å². The number of phenolic OH excluding ortho intramolecular Hbond substituents is 1. The van der Waals surface area contributed by atoms with Crippen LogP contribution < -0.4 is 0 Å². The number of hydrogen-bond donors (Lipinski definition) is 2. The van der Waals surface area contributed by atoms with Crippen LogP contribution in [-0.2, 0) is 9.59 Å². The zero-order valence-corrected chi connectivity index (χ0v) is 17.6. The van der Waals surface area contributed by atoms with Gasteiger partial charge in [0.2, 0.25) is 5.91 Å². The maximum atomic E-state index is 13.4. The van der Waals surface area contributed by atoms with Crippen molar-refractivity contribution in [2.24, 2.45) is 11.8 Å². The third-order valence-corrected chi connectivity index (χ3v) is 5.62. The lowest BCUT2D eigenvalue weighted by Crippen LogP contribution is -2.28. The molecular weight excluding hydrogens is 402 g/mol. The van der Waals surface area contributed by atoms with Crippen LogP contribution in [0.3, 0.4) is 0 Å². The summed E-state index contributed by atoms with van der Waals surface area (Å²) in [5.74, 6) is -2.04. The highest BCUT2D eigenvalue weighted by Gasteiger charge is 2.42. The van der Waals surface area contributed by atoms with Gasteiger partial charge < -0.3 is 15.1 Å². The number of allylic oxidation sites excluding steroid dienone is 7. The first-order valence-electron chi connectivity index (χ1n) is 9.74. The number of carboxylic acids is 1. The minimum Gasteiger partial charge on any atom is -0.506 e. The highest BCUT2D eigenvalue weighted by Crippen LogP contribution is 2.42. The van der Waals surface area contributed by atoms with Crippen molar-refractivity contribution in [1.82, 2.24) is 4.90 Å². The van der Waals surface area contributed by atoms with Crippen molar-refractivity contribution < 1.29 is 19.8 Å². The summed E-state index contributed by atoms with van der Waals surface area (Å²) in [6, 6.07) is 5.03. The van der Waals surface area contributed by atoms with E-state index in [1.54, 1.807) is 48.3 Å². The number of hydrogen-bond acceptors (Lipinski definition) is 3. The molecule has 1 fully saturated rings. The standard InChI is InChI=1S/C24H24ClNO4/c1-3-6-18(9-4-7-15(2)24(29)30)26-14-17-8-5-10-19(22(17)23(26)28)16-11-12-21(27)20(25)13-16/h3-13,15,19,22,27H,14H2,1-2H3,(H,29,30)/b6-3-,7-4+,18-9+. The quantitative estimate of drug-likeness (QED) is 0.640. The van der Waals surface area contributed by atoms with Crippen LogP contribution in [0, 0.1) is 11.8 Å². The summed E-state index contributed by atoms with van der Waals surface area (Å²) in [5.41, 5.74) is 2.58. The summed E-state index contributed by atoms with van der Waals surface area (Å²) < 4.78 is 0. The largest absolute Gasteiger partial charge is 0.506 e. The Morgan fingerprint density at radius 3 is 2.80 bits per heavy atom. The second-order valence-corrected chi connectivity index (χ2v) is 7.78. The summed E-state index contributed by atoms with van der Waals surface area (Å²) in [5, 5.41) is 19.0. The monoisotopic (exact) mass is 425 g/mol. The summed E-state index contributed by atoms with van der Waals surface area (Å²) in [7, 11) is 0. The maximum Gasteiger partial charge on any atom is 0.310 e. The summed E-state index contributed by atoms with van der Waals surface area (Å²) in [6.07, 6.45) is 14.6. The predicted octanol–water partition coefficient (Wildman–Crippen LogP) is 4.82. The molecule has 1 aliphatic carbocycles. The van der Waals surface area contributed by atoms with Crippen LogP contribution in [0.2, 0.25) is 5.02 Å². The van der Waals surface area contributed by atoms with Crippen molar-refractivity contribution in [2.45, 2.75) is 19.8 Å². The Hall–Kier alpha value is -3.05. The SMILES string of the molecule is C\C=C/C(=C\C=C\C(C)C(=O)O)N1CC2=CC=CC(c3ccc(O)c(Cl)c3)C2C1=O. The van der Waals surface area contributed by atoms with E-state index in [0.717, 1.165) is 11.1 Å². The van der Waals surface area contributed by atoms with Crippen molar-refractivity contribution in [3.63, 3.8) is 0 Å². The fraction of sp³-hybridized carbons (Fsp3) is 0.250. The van der Waals surface area contributed by atoms with Gasteiger partial charge in [-0.2, -0.15) is 0 Å². The first kappa shape index (κ1) is 21.7. The van der Waals surface area contributed by atoms with Gasteiger partial charge in [0.15, 0.2) is 0 Å². The molecule has 2 aliphatic rings. The summed E-state index contributed by atoms with van der Waals surface area (Å²) in [6.45, 7) is 3.93. The minimum atomic E-state index is -0.901. The minimum absolute atomic E-state index is 0.0102. The number of fused-ring (bicyclic) bond motifs is 1. The van der Waals surface area contributed by atoms with E-state index in [9.17, 15) is 14.7 Å². The second kappa shape index (κ2) is 9.18. The van der Waals surface area contributed by atoms with Crippen LogP contribution in [0.15, 0.2) is 78.1 Å². The highest BCUT2D eigenvalue weighted by atomic mass is 35.5. The average Bonchev–Trinajstić information content (AvgIpc) is 3.06. The number of carbonyl (C=O) groups excluding carboxylic acids is 1. The number of halogens is 1. The number of benzene rings is 1. The lowest BCUT2D eigenvalue weighted by atomic mass is 9.79. The van der Waals surface area contributed by atoms with Gasteiger partial charge in [0.05, 0.1) is 16.9 Å². The number of amides is 1. The topological polar surface area (TPSA) is 77.8 Å². The second-order valence-electron chi connectivity index (χ2n) is 7.37. The first-order valence-corrected chi connectivity index (χ1v) is 10.1. The van der Waals surface area contributed by atoms with Crippen LogP contribution in [0.5, 0.6) is 5.75 Å². The van der Waals surface area contributed by atoms with Crippen LogP contribution in [-0.4, -0.2) is 33.5 Å². The Labute approximate surface area is 181 Å². The molecule has 1 amide bonds. The normalized spacial score (nSPS) is 22.6. The van der Waals surface area contributed by atoms with Gasteiger partial charge in [0.1, 0.15) is 5.75 Å². The number of likely N-dealkylation sites (tertiary alicyclic amines) is 1. The van der Waals surface area contributed by atoms with Crippen molar-refractivity contribution in [1.29, 1.82) is 0 Å². The van der Waals surface area contributed by atoms with Gasteiger partial charge in [0.25, 0.3) is 0 Å². The lowest BCUT2D eigenvalue weighted by Gasteiger charge is -2.24. The molecule has 5 nitrogen and oxygen atoms in total. The maximum absolute atomic E-state index is 13.4. The zero-order valence-electron chi connectivity index (χ0n) is 16.8. The molecular formula is C24H24ClNO4. The number of carbonyl (C=O) groups is 2. The molecule has 2 N–H and O–H groups in total. The fourth-order valence-corrected chi connectivity index (χ4v) is 3.89. The molecule has 1 aromatic rings. The van der Waals surface area contributed by atoms with Crippen molar-refractivity contribution in [2.75, 3.05) is 6.54 Å². The zero-order chi connectivity index (χ0) is 21.8. The van der Waals surface area contributed by atoms with Crippen molar-refractivity contribution >= 4 is 23.5 Å². The smallest absolute Gasteiger partial charge is 0.310 e. The summed E-state index contributed by atoms with van der Waals surface area (Å²) >= 11 is 6.09. The molecule has 1 heterocycles. The van der Waals surface area contributed by atoms with Gasteiger partial charge in [-0.25, -0.2) is 0 Å². The van der Waals surface area contributed by atoms with Gasteiger partial charge in [-0.15, -0.1) is 0 Å². The molecule has 3 rings (SSSR count). The van der Waals surface area contributed by atoms with Gasteiger partial charge in [0, 0.05) is 18.2 Å². The lowest BCUT2D eigenvalue weighted by molar-refractivity contribution is -0.139. The van der Waals surface area contributed by atoms with E-state index in [0.29, 0.717) is 12.2 Å². The van der Waals surface area contributed by atoms with Crippen LogP contribution in [0.25, 0.3) is 0 Å². The molecule has 0 spiro atoms. The van der Waals surface area contributed by atoms with E-state index in [4.69, 9.17) is 16.7 Å². The van der Waals surface area contributed by atoms with Gasteiger partial charge in [-0.3, -0.25) is 9.59 Å². The van der Waals surface area contributed by atoms with E-state index < -0.39 is 11.9 Å². The van der Waals surface area contributed by atoms with Crippen LogP contribution in [0.4, 0.5) is 0 Å². The van der Waals surface area contributed by atoms with Gasteiger partial charge >= 0.3 is 5.97 Å². The molecule has 156 valence electrons. The number of carboxylic acid groups (broad SMARTS) is 1. The average molecular weight is 426 g/mol. The van der Waals surface area contributed by atoms with E-state index >= 15 is 0 Å². The molecule has 3 unspecified atom stereocenters. The molecule has 0 saturated carbocycles. The number of aromatic hydroxyl groups is 1. The molecule has 0 bridgehead atoms. The Kier molecular flexibility index (Phi) is 6.63. The Bertz CT molecular complexity index is 1000. The molecule has 30 heavy (non-hydrogen) atoms. The summed E-state index contributed by atoms with van der Waals surface area (Å²) in [4.78, 5) is 26.1. The molecule has 1 aliphatic heterocycles. The Morgan fingerprint density at radius 2 is 2.13 bits per heavy atom. The number of nitrogens with zero attached hydrogens (tertiary/aromatic N) is 1. The Balaban J connectivity index is 1.89. The molecule has 1 aromatic carbocycles. The van der Waals surface area contributed by atoms with Gasteiger partial charge in [-0.1, -0.05) is 54.1 Å². The van der Waals surface area contributed by atoms with Crippen LogP contribution in [0.1, 0.15) is 25.3 Å². The predicted molar refractivity (Wildman–Crippen MR) is 117 cm³/mol. The number of aliphatic carboxylic acids is 1. The molecule has 0 aromatic heterocycles. The molecule has 6 heteroatoms. The van der Waals surface area contributed by atoms with Gasteiger partial charge in [-0.05, 0) is 49.3 Å². The van der Waals surface area contributed by atoms with E-state index in [1.165, 1.54) is 0 Å². The first-order chi connectivity index (χ1) is 14.3. The van der Waals surface area contributed by atoms with Crippen LogP contribution >= 0.6 is 11.6 Å². The number of rotatable bonds is 6. The third-order valence-electron chi connectivity index (χ3n) is 5.32. The Morgan fingerprint density at radius 1 is 1.37 bits per heavy atom.